The lowest BCUT2D eigenvalue weighted by Crippen LogP contribution is -2.58. The van der Waals surface area contributed by atoms with E-state index >= 15 is 0 Å². The Hall–Kier alpha value is -3.69. The summed E-state index contributed by atoms with van der Waals surface area (Å²) in [7, 11) is 0. The molecule has 2 aromatic rings. The summed E-state index contributed by atoms with van der Waals surface area (Å²) in [5.41, 5.74) is 7.02. The van der Waals surface area contributed by atoms with Gasteiger partial charge in [-0.3, -0.25) is 19.2 Å². The third-order valence-corrected chi connectivity index (χ3v) is 5.41. The number of rotatable bonds is 12. The van der Waals surface area contributed by atoms with Crippen LogP contribution in [0.1, 0.15) is 38.4 Å². The van der Waals surface area contributed by atoms with Crippen molar-refractivity contribution in [3.63, 3.8) is 0 Å². The summed E-state index contributed by atoms with van der Waals surface area (Å²) in [5.74, 6) is -2.31. The molecule has 0 fully saturated rings. The standard InChI is InChI=1S/C23H32N6O4/c1-4-14(2)20(23(33)28-18(21(24)31)10-16-8-6-5-7-9-16)29-22(32)19(27-15(3)30)11-17-12-25-13-26-17/h5-9,12-14,18-20H,4,10-11H2,1-3H3,(H2,24,31)(H,25,26)(H,27,30)(H,28,33)(H,29,32). The van der Waals surface area contributed by atoms with Gasteiger partial charge in [0, 0.05) is 31.7 Å². The second-order valence-electron chi connectivity index (χ2n) is 8.06. The van der Waals surface area contributed by atoms with Gasteiger partial charge in [0.1, 0.15) is 18.1 Å². The summed E-state index contributed by atoms with van der Waals surface area (Å²) in [6.45, 7) is 5.03. The van der Waals surface area contributed by atoms with Crippen molar-refractivity contribution in [2.45, 2.75) is 58.2 Å². The molecule has 10 heteroatoms. The van der Waals surface area contributed by atoms with Crippen molar-refractivity contribution in [1.29, 1.82) is 0 Å². The number of benzene rings is 1. The number of nitrogens with two attached hydrogens (primary N) is 1. The maximum atomic E-state index is 13.1. The topological polar surface area (TPSA) is 159 Å². The molecule has 1 aromatic carbocycles. The normalized spacial score (nSPS) is 14.4. The summed E-state index contributed by atoms with van der Waals surface area (Å²) in [6, 6.07) is 6.44. The van der Waals surface area contributed by atoms with E-state index < -0.39 is 35.8 Å². The quantitative estimate of drug-likeness (QED) is 0.308. The minimum absolute atomic E-state index is 0.179. The molecule has 4 unspecified atom stereocenters. The number of amides is 4. The van der Waals surface area contributed by atoms with Gasteiger partial charge in [0.05, 0.1) is 6.33 Å². The second kappa shape index (κ2) is 12.4. The fourth-order valence-electron chi connectivity index (χ4n) is 3.36. The van der Waals surface area contributed by atoms with Crippen LogP contribution in [0.25, 0.3) is 0 Å². The van der Waals surface area contributed by atoms with Crippen molar-refractivity contribution >= 4 is 23.6 Å². The maximum Gasteiger partial charge on any atom is 0.243 e. The Morgan fingerprint density at radius 3 is 2.24 bits per heavy atom. The molecule has 10 nitrogen and oxygen atoms in total. The number of aromatic nitrogens is 2. The number of aromatic amines is 1. The van der Waals surface area contributed by atoms with Crippen LogP contribution < -0.4 is 21.7 Å². The second-order valence-corrected chi connectivity index (χ2v) is 8.06. The van der Waals surface area contributed by atoms with Gasteiger partial charge in [-0.2, -0.15) is 0 Å². The predicted octanol–water partition coefficient (Wildman–Crippen LogP) is 0.201. The number of hydrogen-bond donors (Lipinski definition) is 5. The van der Waals surface area contributed by atoms with Crippen molar-refractivity contribution in [3.05, 3.63) is 54.1 Å². The van der Waals surface area contributed by atoms with Crippen LogP contribution in [0.3, 0.4) is 0 Å². The fourth-order valence-corrected chi connectivity index (χ4v) is 3.36. The SMILES string of the molecule is CCC(C)C(NC(=O)C(Cc1cnc[nH]1)NC(C)=O)C(=O)NC(Cc1ccccc1)C(N)=O. The molecule has 6 N–H and O–H groups in total. The van der Waals surface area contributed by atoms with Crippen molar-refractivity contribution < 1.29 is 19.2 Å². The van der Waals surface area contributed by atoms with Crippen LogP contribution in [0.5, 0.6) is 0 Å². The van der Waals surface area contributed by atoms with E-state index in [4.69, 9.17) is 5.73 Å². The molecule has 178 valence electrons. The highest BCUT2D eigenvalue weighted by Gasteiger charge is 2.31. The van der Waals surface area contributed by atoms with Gasteiger partial charge >= 0.3 is 0 Å². The third-order valence-electron chi connectivity index (χ3n) is 5.41. The van der Waals surface area contributed by atoms with Gasteiger partial charge in [0.25, 0.3) is 0 Å². The van der Waals surface area contributed by atoms with Crippen LogP contribution in [0.2, 0.25) is 0 Å². The number of imidazole rings is 1. The molecule has 33 heavy (non-hydrogen) atoms. The molecule has 0 aliphatic carbocycles. The summed E-state index contributed by atoms with van der Waals surface area (Å²) in [5, 5.41) is 8.03. The molecule has 0 radical (unpaired) electrons. The van der Waals surface area contributed by atoms with E-state index in [1.807, 2.05) is 44.2 Å². The molecule has 0 saturated carbocycles. The Morgan fingerprint density at radius 2 is 1.70 bits per heavy atom. The monoisotopic (exact) mass is 456 g/mol. The molecule has 4 amide bonds. The van der Waals surface area contributed by atoms with Crippen LogP contribution in [0.4, 0.5) is 0 Å². The molecular weight excluding hydrogens is 424 g/mol. The molecule has 0 bridgehead atoms. The molecule has 0 aliphatic heterocycles. The third kappa shape index (κ3) is 8.06. The first-order valence-electron chi connectivity index (χ1n) is 10.9. The number of nitrogens with zero attached hydrogens (tertiary/aromatic N) is 1. The minimum atomic E-state index is -0.931. The molecule has 1 heterocycles. The maximum absolute atomic E-state index is 13.1. The average molecular weight is 457 g/mol. The van der Waals surface area contributed by atoms with Crippen molar-refractivity contribution in [2.75, 3.05) is 0 Å². The number of carbonyl (C=O) groups excluding carboxylic acids is 4. The van der Waals surface area contributed by atoms with E-state index in [0.29, 0.717) is 12.1 Å². The smallest absolute Gasteiger partial charge is 0.243 e. The van der Waals surface area contributed by atoms with Gasteiger partial charge in [0.2, 0.25) is 23.6 Å². The Balaban J connectivity index is 2.15. The molecule has 0 saturated heterocycles. The lowest BCUT2D eigenvalue weighted by atomic mass is 9.96. The number of primary amides is 1. The van der Waals surface area contributed by atoms with Crippen LogP contribution >= 0.6 is 0 Å². The highest BCUT2D eigenvalue weighted by atomic mass is 16.2. The first-order chi connectivity index (χ1) is 15.7. The average Bonchev–Trinajstić information content (AvgIpc) is 3.29. The lowest BCUT2D eigenvalue weighted by molar-refractivity contribution is -0.134. The van der Waals surface area contributed by atoms with E-state index in [9.17, 15) is 19.2 Å². The van der Waals surface area contributed by atoms with Crippen LogP contribution in [-0.4, -0.2) is 51.7 Å². The lowest BCUT2D eigenvalue weighted by Gasteiger charge is -2.27. The van der Waals surface area contributed by atoms with E-state index in [2.05, 4.69) is 25.9 Å². The van der Waals surface area contributed by atoms with Gasteiger partial charge < -0.3 is 26.7 Å². The van der Waals surface area contributed by atoms with Gasteiger partial charge in [0.15, 0.2) is 0 Å². The number of nitrogens with one attached hydrogen (secondary N) is 4. The van der Waals surface area contributed by atoms with Crippen LogP contribution in [-0.2, 0) is 32.0 Å². The summed E-state index contributed by atoms with van der Waals surface area (Å²) in [6.07, 6.45) is 4.05. The molecule has 1 aromatic heterocycles. The zero-order valence-corrected chi connectivity index (χ0v) is 19.1. The van der Waals surface area contributed by atoms with Gasteiger partial charge in [-0.1, -0.05) is 50.6 Å². The predicted molar refractivity (Wildman–Crippen MR) is 123 cm³/mol. The highest BCUT2D eigenvalue weighted by Crippen LogP contribution is 2.11. The summed E-state index contributed by atoms with van der Waals surface area (Å²) in [4.78, 5) is 56.6. The Kier molecular flexibility index (Phi) is 9.59. The highest BCUT2D eigenvalue weighted by molar-refractivity contribution is 5.94. The Bertz CT molecular complexity index is 932. The van der Waals surface area contributed by atoms with E-state index in [1.165, 1.54) is 13.3 Å². The van der Waals surface area contributed by atoms with Gasteiger partial charge in [-0.25, -0.2) is 4.98 Å². The first-order valence-corrected chi connectivity index (χ1v) is 10.9. The van der Waals surface area contributed by atoms with Gasteiger partial charge in [-0.05, 0) is 11.5 Å². The van der Waals surface area contributed by atoms with Crippen molar-refractivity contribution in [2.24, 2.45) is 11.7 Å². The van der Waals surface area contributed by atoms with Crippen molar-refractivity contribution in [3.8, 4) is 0 Å². The zero-order valence-electron chi connectivity index (χ0n) is 19.1. The molecule has 2 rings (SSSR count). The minimum Gasteiger partial charge on any atom is -0.368 e. The number of H-pyrrole nitrogens is 1. The van der Waals surface area contributed by atoms with Gasteiger partial charge in [-0.15, -0.1) is 0 Å². The summed E-state index contributed by atoms with van der Waals surface area (Å²) < 4.78 is 0. The van der Waals surface area contributed by atoms with E-state index in [-0.39, 0.29) is 24.7 Å². The van der Waals surface area contributed by atoms with Crippen LogP contribution in [0.15, 0.2) is 42.9 Å². The fraction of sp³-hybridized carbons (Fsp3) is 0.435. The summed E-state index contributed by atoms with van der Waals surface area (Å²) >= 11 is 0. The van der Waals surface area contributed by atoms with Crippen molar-refractivity contribution in [1.82, 2.24) is 25.9 Å². The number of carbonyl (C=O) groups is 4. The Morgan fingerprint density at radius 1 is 1.00 bits per heavy atom. The van der Waals surface area contributed by atoms with E-state index in [1.54, 1.807) is 6.20 Å². The molecular formula is C23H32N6O4. The first kappa shape index (κ1) is 25.6. The Labute approximate surface area is 193 Å². The largest absolute Gasteiger partial charge is 0.368 e. The molecule has 0 spiro atoms. The molecule has 0 aliphatic rings. The molecule has 4 atom stereocenters. The van der Waals surface area contributed by atoms with E-state index in [0.717, 1.165) is 5.56 Å². The zero-order chi connectivity index (χ0) is 24.4. The number of hydrogen-bond acceptors (Lipinski definition) is 5. The van der Waals surface area contributed by atoms with Crippen LogP contribution in [0, 0.1) is 5.92 Å².